The number of para-hydroxylation sites is 1. The zero-order valence-electron chi connectivity index (χ0n) is 14.9. The highest BCUT2D eigenvalue weighted by Gasteiger charge is 2.31. The molecule has 1 aliphatic carbocycles. The number of benzene rings is 1. The van der Waals surface area contributed by atoms with E-state index in [9.17, 15) is 9.59 Å². The highest BCUT2D eigenvalue weighted by molar-refractivity contribution is 5.80. The van der Waals surface area contributed by atoms with Crippen molar-refractivity contribution in [3.05, 3.63) is 29.8 Å². The Hall–Kier alpha value is -2.04. The average Bonchev–Trinajstić information content (AvgIpc) is 3.09. The van der Waals surface area contributed by atoms with Gasteiger partial charge in [-0.1, -0.05) is 37.5 Å². The Morgan fingerprint density at radius 3 is 2.64 bits per heavy atom. The first-order valence-corrected chi connectivity index (χ1v) is 9.55. The number of nitrogens with zero attached hydrogens (tertiary/aromatic N) is 1. The maximum absolute atomic E-state index is 12.6. The first-order valence-electron chi connectivity index (χ1n) is 9.55. The third-order valence-electron chi connectivity index (χ3n) is 5.50. The van der Waals surface area contributed by atoms with E-state index >= 15 is 0 Å². The second-order valence-corrected chi connectivity index (χ2v) is 7.37. The monoisotopic (exact) mass is 343 g/mol. The maximum atomic E-state index is 12.6. The van der Waals surface area contributed by atoms with Gasteiger partial charge in [0.05, 0.1) is 0 Å². The minimum absolute atomic E-state index is 0.0419. The maximum Gasteiger partial charge on any atom is 0.225 e. The predicted octanol–water partition coefficient (Wildman–Crippen LogP) is 2.50. The van der Waals surface area contributed by atoms with E-state index in [-0.39, 0.29) is 17.9 Å². The molecule has 0 bridgehead atoms. The fraction of sp³-hybridized carbons (Fsp3) is 0.600. The number of likely N-dealkylation sites (tertiary alicyclic amines) is 1. The molecule has 1 heterocycles. The van der Waals surface area contributed by atoms with Crippen LogP contribution in [0.15, 0.2) is 24.3 Å². The Balaban J connectivity index is 1.42. The van der Waals surface area contributed by atoms with E-state index < -0.39 is 0 Å². The highest BCUT2D eigenvalue weighted by Crippen LogP contribution is 2.26. The summed E-state index contributed by atoms with van der Waals surface area (Å²) in [5.41, 5.74) is 7.67. The lowest BCUT2D eigenvalue weighted by Crippen LogP contribution is -2.40. The number of aryl methyl sites for hydroxylation is 1. The third-order valence-corrected chi connectivity index (χ3v) is 5.50. The van der Waals surface area contributed by atoms with Gasteiger partial charge in [-0.25, -0.2) is 0 Å². The van der Waals surface area contributed by atoms with Crippen molar-refractivity contribution >= 4 is 17.5 Å². The molecule has 0 aromatic heterocycles. The molecule has 2 fully saturated rings. The topological polar surface area (TPSA) is 75.4 Å². The Morgan fingerprint density at radius 2 is 1.88 bits per heavy atom. The van der Waals surface area contributed by atoms with Crippen LogP contribution in [0.3, 0.4) is 0 Å². The summed E-state index contributed by atoms with van der Waals surface area (Å²) in [7, 11) is 0. The normalized spacial score (nSPS) is 21.3. The van der Waals surface area contributed by atoms with Crippen molar-refractivity contribution in [3.63, 3.8) is 0 Å². The Morgan fingerprint density at radius 1 is 1.12 bits per heavy atom. The SMILES string of the molecule is Nc1ccccc1CCC(=O)NC1CCN(C(=O)C2CCCCC2)C1. The second kappa shape index (κ2) is 8.37. The van der Waals surface area contributed by atoms with Gasteiger partial charge in [-0.05, 0) is 37.3 Å². The number of hydrogen-bond acceptors (Lipinski definition) is 3. The van der Waals surface area contributed by atoms with Gasteiger partial charge in [-0.2, -0.15) is 0 Å². The number of anilines is 1. The molecule has 3 N–H and O–H groups in total. The van der Waals surface area contributed by atoms with Crippen molar-refractivity contribution in [1.82, 2.24) is 10.2 Å². The van der Waals surface area contributed by atoms with Gasteiger partial charge in [-0.15, -0.1) is 0 Å². The van der Waals surface area contributed by atoms with Crippen molar-refractivity contribution in [1.29, 1.82) is 0 Å². The smallest absolute Gasteiger partial charge is 0.225 e. The van der Waals surface area contributed by atoms with Gasteiger partial charge < -0.3 is 16.0 Å². The van der Waals surface area contributed by atoms with Crippen LogP contribution in [0.4, 0.5) is 5.69 Å². The molecule has 0 spiro atoms. The van der Waals surface area contributed by atoms with Crippen LogP contribution in [0.25, 0.3) is 0 Å². The lowest BCUT2D eigenvalue weighted by Gasteiger charge is -2.26. The fourth-order valence-electron chi connectivity index (χ4n) is 4.00. The van der Waals surface area contributed by atoms with Gasteiger partial charge in [0.2, 0.25) is 11.8 Å². The van der Waals surface area contributed by atoms with Crippen molar-refractivity contribution < 1.29 is 9.59 Å². The molecule has 1 saturated heterocycles. The number of hydrogen-bond donors (Lipinski definition) is 2. The van der Waals surface area contributed by atoms with Crippen molar-refractivity contribution in [2.75, 3.05) is 18.8 Å². The zero-order chi connectivity index (χ0) is 17.6. The summed E-state index contributed by atoms with van der Waals surface area (Å²) >= 11 is 0. The molecule has 2 aliphatic rings. The molecule has 5 nitrogen and oxygen atoms in total. The minimum atomic E-state index is 0.0419. The summed E-state index contributed by atoms with van der Waals surface area (Å²) in [4.78, 5) is 26.7. The summed E-state index contributed by atoms with van der Waals surface area (Å²) in [5, 5.41) is 3.08. The summed E-state index contributed by atoms with van der Waals surface area (Å²) in [6.07, 6.45) is 7.61. The largest absolute Gasteiger partial charge is 0.399 e. The minimum Gasteiger partial charge on any atom is -0.399 e. The van der Waals surface area contributed by atoms with E-state index in [0.29, 0.717) is 25.3 Å². The Kier molecular flexibility index (Phi) is 5.95. The number of nitrogen functional groups attached to an aromatic ring is 1. The van der Waals surface area contributed by atoms with Gasteiger partial charge in [0.25, 0.3) is 0 Å². The molecule has 1 aromatic carbocycles. The van der Waals surface area contributed by atoms with Gasteiger partial charge in [0.15, 0.2) is 0 Å². The number of rotatable bonds is 5. The van der Waals surface area contributed by atoms with Crippen molar-refractivity contribution in [2.45, 2.75) is 57.4 Å². The van der Waals surface area contributed by atoms with Crippen LogP contribution >= 0.6 is 0 Å². The van der Waals surface area contributed by atoms with Crippen LogP contribution in [-0.4, -0.2) is 35.8 Å². The molecule has 1 unspecified atom stereocenters. The second-order valence-electron chi connectivity index (χ2n) is 7.37. The molecule has 1 aromatic rings. The van der Waals surface area contributed by atoms with Crippen LogP contribution < -0.4 is 11.1 Å². The van der Waals surface area contributed by atoms with E-state index in [1.54, 1.807) is 0 Å². The first kappa shape index (κ1) is 17.8. The van der Waals surface area contributed by atoms with Gasteiger partial charge in [-0.3, -0.25) is 9.59 Å². The number of nitrogens with one attached hydrogen (secondary N) is 1. The summed E-state index contributed by atoms with van der Waals surface area (Å²) in [6, 6.07) is 7.75. The first-order chi connectivity index (χ1) is 12.1. The zero-order valence-corrected chi connectivity index (χ0v) is 14.9. The summed E-state index contributed by atoms with van der Waals surface area (Å²) in [6.45, 7) is 1.43. The van der Waals surface area contributed by atoms with Crippen LogP contribution in [0.5, 0.6) is 0 Å². The summed E-state index contributed by atoms with van der Waals surface area (Å²) < 4.78 is 0. The molecule has 2 amide bonds. The molecule has 1 saturated carbocycles. The number of carbonyl (C=O) groups is 2. The number of nitrogens with two attached hydrogens (primary N) is 1. The lowest BCUT2D eigenvalue weighted by molar-refractivity contribution is -0.135. The van der Waals surface area contributed by atoms with Gasteiger partial charge >= 0.3 is 0 Å². The average molecular weight is 343 g/mol. The Bertz CT molecular complexity index is 611. The van der Waals surface area contributed by atoms with E-state index in [0.717, 1.165) is 37.1 Å². The predicted molar refractivity (Wildman–Crippen MR) is 98.9 cm³/mol. The number of amides is 2. The fourth-order valence-corrected chi connectivity index (χ4v) is 4.00. The van der Waals surface area contributed by atoms with Crippen LogP contribution in [0.2, 0.25) is 0 Å². The molecular formula is C20H29N3O2. The molecule has 1 atom stereocenters. The quantitative estimate of drug-likeness (QED) is 0.807. The highest BCUT2D eigenvalue weighted by atomic mass is 16.2. The molecule has 3 rings (SSSR count). The standard InChI is InChI=1S/C20H29N3O2/c21-18-9-5-4-6-15(18)10-11-19(24)22-17-12-13-23(14-17)20(25)16-7-2-1-3-8-16/h4-6,9,16-17H,1-3,7-8,10-14,21H2,(H,22,24). The molecule has 25 heavy (non-hydrogen) atoms. The summed E-state index contributed by atoms with van der Waals surface area (Å²) in [5.74, 6) is 0.554. The van der Waals surface area contributed by atoms with Gasteiger partial charge in [0.1, 0.15) is 0 Å². The van der Waals surface area contributed by atoms with E-state index in [2.05, 4.69) is 5.32 Å². The van der Waals surface area contributed by atoms with Crippen LogP contribution in [-0.2, 0) is 16.0 Å². The molecular weight excluding hydrogens is 314 g/mol. The van der Waals surface area contributed by atoms with Crippen molar-refractivity contribution in [3.8, 4) is 0 Å². The van der Waals surface area contributed by atoms with E-state index in [1.165, 1.54) is 19.3 Å². The van der Waals surface area contributed by atoms with Crippen molar-refractivity contribution in [2.24, 2.45) is 5.92 Å². The molecule has 0 radical (unpaired) electrons. The number of carbonyl (C=O) groups excluding carboxylic acids is 2. The van der Waals surface area contributed by atoms with Gasteiger partial charge in [0, 0.05) is 37.2 Å². The van der Waals surface area contributed by atoms with E-state index in [1.807, 2.05) is 29.2 Å². The third kappa shape index (κ3) is 4.74. The lowest BCUT2D eigenvalue weighted by atomic mass is 9.88. The van der Waals surface area contributed by atoms with Crippen LogP contribution in [0, 0.1) is 5.92 Å². The molecule has 136 valence electrons. The Labute approximate surface area is 150 Å². The van der Waals surface area contributed by atoms with E-state index in [4.69, 9.17) is 5.73 Å². The molecule has 5 heteroatoms. The molecule has 1 aliphatic heterocycles. The van der Waals surface area contributed by atoms with Crippen LogP contribution in [0.1, 0.15) is 50.5 Å².